The number of carboxylic acids is 1. The molecular formula is C13H24N2O5S. The quantitative estimate of drug-likeness (QED) is 0.703. The molecule has 0 aromatic heterocycles. The van der Waals surface area contributed by atoms with E-state index in [0.29, 0.717) is 32.4 Å². The average Bonchev–Trinajstić information content (AvgIpc) is 2.43. The maximum Gasteiger partial charge on any atom is 0.309 e. The van der Waals surface area contributed by atoms with Crippen molar-refractivity contribution in [3.05, 3.63) is 0 Å². The van der Waals surface area contributed by atoms with Gasteiger partial charge in [-0.05, 0) is 25.7 Å². The Morgan fingerprint density at radius 3 is 2.24 bits per heavy atom. The van der Waals surface area contributed by atoms with Crippen LogP contribution in [0.1, 0.15) is 32.6 Å². The predicted molar refractivity (Wildman–Crippen MR) is 78.5 cm³/mol. The van der Waals surface area contributed by atoms with E-state index >= 15 is 0 Å². The highest BCUT2D eigenvalue weighted by atomic mass is 32.2. The fraction of sp³-hybridized carbons (Fsp3) is 0.846. The molecule has 1 amide bonds. The van der Waals surface area contributed by atoms with Crippen molar-refractivity contribution in [3.63, 3.8) is 0 Å². The molecule has 0 radical (unpaired) electrons. The second-order valence-electron chi connectivity index (χ2n) is 5.79. The van der Waals surface area contributed by atoms with Crippen molar-refractivity contribution in [3.8, 4) is 0 Å². The minimum atomic E-state index is -3.15. The molecule has 21 heavy (non-hydrogen) atoms. The highest BCUT2D eigenvalue weighted by Crippen LogP contribution is 2.35. The summed E-state index contributed by atoms with van der Waals surface area (Å²) in [6.45, 7) is 2.54. The number of rotatable bonds is 6. The van der Waals surface area contributed by atoms with Gasteiger partial charge in [0.1, 0.15) is 9.84 Å². The van der Waals surface area contributed by atoms with Crippen LogP contribution < -0.4 is 5.73 Å². The summed E-state index contributed by atoms with van der Waals surface area (Å²) in [5, 5.41) is 9.30. The number of carbonyl (C=O) groups excluding carboxylic acids is 1. The molecule has 0 spiro atoms. The Labute approximate surface area is 125 Å². The fourth-order valence-electron chi connectivity index (χ4n) is 2.57. The van der Waals surface area contributed by atoms with E-state index in [1.54, 1.807) is 4.90 Å². The Morgan fingerprint density at radius 1 is 1.33 bits per heavy atom. The van der Waals surface area contributed by atoms with Crippen LogP contribution in [0.3, 0.4) is 0 Å². The predicted octanol–water partition coefficient (Wildman–Crippen LogP) is -0.148. The number of hydrogen-bond acceptors (Lipinski definition) is 5. The van der Waals surface area contributed by atoms with E-state index in [1.165, 1.54) is 0 Å². The van der Waals surface area contributed by atoms with Gasteiger partial charge in [-0.3, -0.25) is 9.59 Å². The van der Waals surface area contributed by atoms with Crippen LogP contribution in [0, 0.1) is 5.41 Å². The smallest absolute Gasteiger partial charge is 0.309 e. The van der Waals surface area contributed by atoms with Crippen molar-refractivity contribution in [2.45, 2.75) is 38.6 Å². The lowest BCUT2D eigenvalue weighted by Crippen LogP contribution is -2.51. The number of piperidine rings is 1. The van der Waals surface area contributed by atoms with Crippen molar-refractivity contribution in [1.29, 1.82) is 0 Å². The molecule has 8 heteroatoms. The van der Waals surface area contributed by atoms with Gasteiger partial charge in [0, 0.05) is 19.3 Å². The van der Waals surface area contributed by atoms with Crippen LogP contribution in [0.5, 0.6) is 0 Å². The minimum Gasteiger partial charge on any atom is -0.481 e. The SMILES string of the molecule is CCC1(C(=O)O)CCN(C(=O)C(N)CCS(C)(=O)=O)CC1. The lowest BCUT2D eigenvalue weighted by Gasteiger charge is -2.39. The first kappa shape index (κ1) is 17.9. The van der Waals surface area contributed by atoms with E-state index in [-0.39, 0.29) is 18.1 Å². The number of hydrogen-bond donors (Lipinski definition) is 2. The second kappa shape index (κ2) is 6.74. The third-order valence-electron chi connectivity index (χ3n) is 4.28. The Kier molecular flexibility index (Phi) is 5.75. The van der Waals surface area contributed by atoms with E-state index in [1.807, 2.05) is 6.92 Å². The van der Waals surface area contributed by atoms with Crippen molar-refractivity contribution < 1.29 is 23.1 Å². The fourth-order valence-corrected chi connectivity index (χ4v) is 3.25. The van der Waals surface area contributed by atoms with Crippen molar-refractivity contribution >= 4 is 21.7 Å². The van der Waals surface area contributed by atoms with Gasteiger partial charge in [0.2, 0.25) is 5.91 Å². The molecule has 1 rings (SSSR count). The van der Waals surface area contributed by atoms with Gasteiger partial charge in [-0.1, -0.05) is 6.92 Å². The Bertz CT molecular complexity index is 495. The van der Waals surface area contributed by atoms with Crippen LogP contribution in [0.15, 0.2) is 0 Å². The molecule has 0 aromatic rings. The third-order valence-corrected chi connectivity index (χ3v) is 5.26. The summed E-state index contributed by atoms with van der Waals surface area (Å²) in [4.78, 5) is 25.0. The third kappa shape index (κ3) is 4.67. The monoisotopic (exact) mass is 320 g/mol. The molecule has 7 nitrogen and oxygen atoms in total. The van der Waals surface area contributed by atoms with Crippen LogP contribution in [-0.2, 0) is 19.4 Å². The normalized spacial score (nSPS) is 20.0. The molecule has 122 valence electrons. The van der Waals surface area contributed by atoms with E-state index in [0.717, 1.165) is 6.26 Å². The number of likely N-dealkylation sites (tertiary alicyclic amines) is 1. The molecule has 0 bridgehead atoms. The van der Waals surface area contributed by atoms with E-state index in [4.69, 9.17) is 5.73 Å². The highest BCUT2D eigenvalue weighted by molar-refractivity contribution is 7.90. The Balaban J connectivity index is 2.57. The number of nitrogens with zero attached hydrogens (tertiary/aromatic N) is 1. The van der Waals surface area contributed by atoms with E-state index in [2.05, 4.69) is 0 Å². The molecule has 1 atom stereocenters. The number of nitrogens with two attached hydrogens (primary N) is 1. The zero-order chi connectivity index (χ0) is 16.3. The molecule has 1 aliphatic rings. The highest BCUT2D eigenvalue weighted by Gasteiger charge is 2.41. The van der Waals surface area contributed by atoms with Crippen LogP contribution >= 0.6 is 0 Å². The van der Waals surface area contributed by atoms with E-state index in [9.17, 15) is 23.1 Å². The minimum absolute atomic E-state index is 0.0893. The second-order valence-corrected chi connectivity index (χ2v) is 8.05. The molecule has 1 unspecified atom stereocenters. The standard InChI is InChI=1S/C13H24N2O5S/c1-3-13(12(17)18)5-7-15(8-6-13)11(16)10(14)4-9-21(2,19)20/h10H,3-9,14H2,1-2H3,(H,17,18). The molecule has 3 N–H and O–H groups in total. The van der Waals surface area contributed by atoms with Crippen LogP contribution in [0.4, 0.5) is 0 Å². The summed E-state index contributed by atoms with van der Waals surface area (Å²) in [6, 6.07) is -0.848. The number of sulfone groups is 1. The summed E-state index contributed by atoms with van der Waals surface area (Å²) >= 11 is 0. The summed E-state index contributed by atoms with van der Waals surface area (Å²) in [5.74, 6) is -1.24. The average molecular weight is 320 g/mol. The largest absolute Gasteiger partial charge is 0.481 e. The summed E-state index contributed by atoms with van der Waals surface area (Å²) < 4.78 is 22.2. The van der Waals surface area contributed by atoms with Gasteiger partial charge in [-0.2, -0.15) is 0 Å². The zero-order valence-corrected chi connectivity index (χ0v) is 13.4. The van der Waals surface area contributed by atoms with Crippen LogP contribution in [0.25, 0.3) is 0 Å². The molecule has 1 aliphatic heterocycles. The molecular weight excluding hydrogens is 296 g/mol. The summed E-state index contributed by atoms with van der Waals surface area (Å²) in [6.07, 6.45) is 2.54. The lowest BCUT2D eigenvalue weighted by atomic mass is 9.76. The van der Waals surface area contributed by atoms with Crippen molar-refractivity contribution in [2.24, 2.45) is 11.1 Å². The summed E-state index contributed by atoms with van der Waals surface area (Å²) in [5.41, 5.74) is 4.99. The number of aliphatic carboxylic acids is 1. The molecule has 1 heterocycles. The topological polar surface area (TPSA) is 118 Å². The Hall–Kier alpha value is -1.15. The van der Waals surface area contributed by atoms with Gasteiger partial charge >= 0.3 is 5.97 Å². The molecule has 0 aromatic carbocycles. The van der Waals surface area contributed by atoms with Crippen molar-refractivity contribution in [2.75, 3.05) is 25.1 Å². The number of amides is 1. The number of carboxylic acid groups (broad SMARTS) is 1. The number of carbonyl (C=O) groups is 2. The van der Waals surface area contributed by atoms with Gasteiger partial charge in [0.25, 0.3) is 0 Å². The molecule has 1 saturated heterocycles. The first-order valence-electron chi connectivity index (χ1n) is 7.07. The van der Waals surface area contributed by atoms with E-state index < -0.39 is 27.3 Å². The van der Waals surface area contributed by atoms with Gasteiger partial charge < -0.3 is 15.7 Å². The van der Waals surface area contributed by atoms with Gasteiger partial charge in [-0.25, -0.2) is 8.42 Å². The zero-order valence-electron chi connectivity index (χ0n) is 12.5. The van der Waals surface area contributed by atoms with Crippen molar-refractivity contribution in [1.82, 2.24) is 4.90 Å². The summed E-state index contributed by atoms with van der Waals surface area (Å²) in [7, 11) is -3.15. The molecule has 0 aliphatic carbocycles. The Morgan fingerprint density at radius 2 is 1.86 bits per heavy atom. The maximum absolute atomic E-state index is 12.1. The first-order chi connectivity index (χ1) is 9.61. The van der Waals surface area contributed by atoms with Gasteiger partial charge in [-0.15, -0.1) is 0 Å². The van der Waals surface area contributed by atoms with Gasteiger partial charge in [0.15, 0.2) is 0 Å². The first-order valence-corrected chi connectivity index (χ1v) is 9.13. The maximum atomic E-state index is 12.1. The molecule has 1 fully saturated rings. The molecule has 0 saturated carbocycles. The van der Waals surface area contributed by atoms with Crippen LogP contribution in [0.2, 0.25) is 0 Å². The van der Waals surface area contributed by atoms with Gasteiger partial charge in [0.05, 0.1) is 17.2 Å². The lowest BCUT2D eigenvalue weighted by molar-refractivity contribution is -0.154. The van der Waals surface area contributed by atoms with Crippen LogP contribution in [-0.4, -0.2) is 61.4 Å².